The zero-order valence-electron chi connectivity index (χ0n) is 14.6. The second kappa shape index (κ2) is 7.00. The van der Waals surface area contributed by atoms with E-state index in [2.05, 4.69) is 30.6 Å². The Labute approximate surface area is 132 Å². The molecule has 3 rings (SSSR count). The van der Waals surface area contributed by atoms with Gasteiger partial charge in [0.25, 0.3) is 0 Å². The summed E-state index contributed by atoms with van der Waals surface area (Å²) in [6, 6.07) is 2.79. The minimum atomic E-state index is 0.820. The van der Waals surface area contributed by atoms with Gasteiger partial charge >= 0.3 is 0 Å². The molecule has 0 radical (unpaired) electrons. The maximum absolute atomic E-state index is 3.01. The highest BCUT2D eigenvalue weighted by Crippen LogP contribution is 2.38. The molecule has 0 aromatic rings. The van der Waals surface area contributed by atoms with Crippen molar-refractivity contribution in [1.29, 1.82) is 0 Å². The molecule has 0 unspecified atom stereocenters. The van der Waals surface area contributed by atoms with E-state index in [1.807, 2.05) is 0 Å². The molecule has 0 atom stereocenters. The lowest BCUT2D eigenvalue weighted by atomic mass is 9.85. The van der Waals surface area contributed by atoms with Crippen LogP contribution in [0.2, 0.25) is 0 Å². The molecule has 0 bridgehead atoms. The lowest BCUT2D eigenvalue weighted by molar-refractivity contribution is 0.0421. The topological polar surface area (TPSA) is 6.48 Å². The van der Waals surface area contributed by atoms with Crippen LogP contribution in [0.5, 0.6) is 0 Å². The Kier molecular flexibility index (Phi) is 5.27. The number of piperidine rings is 1. The Bertz CT molecular complexity index is 308. The van der Waals surface area contributed by atoms with Crippen LogP contribution < -0.4 is 0 Å². The number of nitrogens with zero attached hydrogens (tertiary/aromatic N) is 2. The first-order chi connectivity index (χ1) is 10.1. The van der Waals surface area contributed by atoms with Gasteiger partial charge in [0.15, 0.2) is 0 Å². The highest BCUT2D eigenvalue weighted by molar-refractivity contribution is 4.95. The molecular formula is C19H36N2. The lowest BCUT2D eigenvalue weighted by Gasteiger charge is -2.45. The lowest BCUT2D eigenvalue weighted by Crippen LogP contribution is -2.51. The van der Waals surface area contributed by atoms with Crippen molar-refractivity contribution in [2.75, 3.05) is 19.6 Å². The van der Waals surface area contributed by atoms with Crippen LogP contribution in [0.4, 0.5) is 0 Å². The van der Waals surface area contributed by atoms with Crippen molar-refractivity contribution in [3.8, 4) is 0 Å². The smallest absolute Gasteiger partial charge is 0.0125 e. The number of rotatable bonds is 5. The first-order valence-corrected chi connectivity index (χ1v) is 9.63. The van der Waals surface area contributed by atoms with E-state index in [1.165, 1.54) is 71.0 Å². The Morgan fingerprint density at radius 3 is 1.76 bits per heavy atom. The molecule has 3 aliphatic rings. The van der Waals surface area contributed by atoms with Gasteiger partial charge in [-0.15, -0.1) is 0 Å². The van der Waals surface area contributed by atoms with Crippen molar-refractivity contribution in [1.82, 2.24) is 9.80 Å². The van der Waals surface area contributed by atoms with E-state index < -0.39 is 0 Å². The second-order valence-corrected chi connectivity index (χ2v) is 8.52. The molecular weight excluding hydrogens is 256 g/mol. The molecule has 122 valence electrons. The van der Waals surface area contributed by atoms with E-state index in [0.29, 0.717) is 0 Å². The maximum atomic E-state index is 3.01. The summed E-state index contributed by atoms with van der Waals surface area (Å²) < 4.78 is 0. The Morgan fingerprint density at radius 1 is 0.810 bits per heavy atom. The fourth-order valence-corrected chi connectivity index (χ4v) is 4.72. The van der Waals surface area contributed by atoms with Crippen molar-refractivity contribution in [3.05, 3.63) is 0 Å². The zero-order chi connectivity index (χ0) is 14.8. The molecule has 2 saturated carbocycles. The van der Waals surface area contributed by atoms with Gasteiger partial charge in [-0.05, 0) is 76.3 Å². The van der Waals surface area contributed by atoms with Gasteiger partial charge in [0.1, 0.15) is 0 Å². The van der Waals surface area contributed by atoms with Crippen molar-refractivity contribution in [2.24, 2.45) is 11.8 Å². The third kappa shape index (κ3) is 4.22. The first-order valence-electron chi connectivity index (χ1n) is 9.63. The van der Waals surface area contributed by atoms with Crippen molar-refractivity contribution >= 4 is 0 Å². The molecule has 2 heteroatoms. The van der Waals surface area contributed by atoms with Gasteiger partial charge in [0, 0.05) is 24.7 Å². The third-order valence-electron chi connectivity index (χ3n) is 5.98. The van der Waals surface area contributed by atoms with Gasteiger partial charge in [0.05, 0.1) is 0 Å². The molecule has 3 fully saturated rings. The van der Waals surface area contributed by atoms with Crippen LogP contribution in [0.3, 0.4) is 0 Å². The summed E-state index contributed by atoms with van der Waals surface area (Å²) in [5.41, 5.74) is 0. The van der Waals surface area contributed by atoms with Crippen molar-refractivity contribution < 1.29 is 0 Å². The average molecular weight is 293 g/mol. The van der Waals surface area contributed by atoms with Crippen LogP contribution in [0.15, 0.2) is 0 Å². The molecule has 21 heavy (non-hydrogen) atoms. The van der Waals surface area contributed by atoms with E-state index in [9.17, 15) is 0 Å². The maximum Gasteiger partial charge on any atom is 0.0125 e. The summed E-state index contributed by atoms with van der Waals surface area (Å²) in [6.45, 7) is 11.1. The van der Waals surface area contributed by atoms with Gasteiger partial charge in [-0.3, -0.25) is 4.90 Å². The van der Waals surface area contributed by atoms with Crippen LogP contribution in [0.1, 0.15) is 72.1 Å². The second-order valence-electron chi connectivity index (χ2n) is 8.52. The molecule has 0 aromatic carbocycles. The normalized spacial score (nSPS) is 33.0. The molecule has 1 aliphatic heterocycles. The summed E-state index contributed by atoms with van der Waals surface area (Å²) >= 11 is 0. The Hall–Kier alpha value is -0.0800. The molecule has 2 aliphatic carbocycles. The van der Waals surface area contributed by atoms with Crippen LogP contribution in [0, 0.1) is 11.8 Å². The van der Waals surface area contributed by atoms with Gasteiger partial charge < -0.3 is 4.90 Å². The van der Waals surface area contributed by atoms with E-state index in [-0.39, 0.29) is 0 Å². The first kappa shape index (κ1) is 15.8. The van der Waals surface area contributed by atoms with Crippen molar-refractivity contribution in [2.45, 2.75) is 90.3 Å². The Balaban J connectivity index is 1.53. The fraction of sp³-hybridized carbons (Fsp3) is 1.00. The van der Waals surface area contributed by atoms with Gasteiger partial charge in [-0.2, -0.15) is 0 Å². The predicted molar refractivity (Wildman–Crippen MR) is 90.6 cm³/mol. The van der Waals surface area contributed by atoms with E-state index >= 15 is 0 Å². The number of likely N-dealkylation sites (tertiary alicyclic amines) is 1. The molecule has 0 amide bonds. The highest BCUT2D eigenvalue weighted by atomic mass is 15.3. The predicted octanol–water partition coefficient (Wildman–Crippen LogP) is 4.15. The Morgan fingerprint density at radius 2 is 1.29 bits per heavy atom. The number of hydrogen-bond acceptors (Lipinski definition) is 2. The zero-order valence-corrected chi connectivity index (χ0v) is 14.6. The SMILES string of the molecule is CC(C)CN1CCC(N(C2CCC(C)CC2)C2CC2)CC1. The minimum Gasteiger partial charge on any atom is -0.303 e. The largest absolute Gasteiger partial charge is 0.303 e. The van der Waals surface area contributed by atoms with Crippen LogP contribution in [-0.2, 0) is 0 Å². The minimum absolute atomic E-state index is 0.820. The van der Waals surface area contributed by atoms with Gasteiger partial charge in [0.2, 0.25) is 0 Å². The van der Waals surface area contributed by atoms with E-state index in [4.69, 9.17) is 0 Å². The van der Waals surface area contributed by atoms with Crippen LogP contribution in [0.25, 0.3) is 0 Å². The molecule has 1 saturated heterocycles. The molecule has 2 nitrogen and oxygen atoms in total. The monoisotopic (exact) mass is 292 g/mol. The van der Waals surface area contributed by atoms with Gasteiger partial charge in [-0.1, -0.05) is 20.8 Å². The van der Waals surface area contributed by atoms with Crippen LogP contribution in [-0.4, -0.2) is 47.6 Å². The third-order valence-corrected chi connectivity index (χ3v) is 5.98. The van der Waals surface area contributed by atoms with E-state index in [0.717, 1.165) is 30.0 Å². The summed E-state index contributed by atoms with van der Waals surface area (Å²) in [6.07, 6.45) is 11.7. The van der Waals surface area contributed by atoms with Crippen LogP contribution >= 0.6 is 0 Å². The summed E-state index contributed by atoms with van der Waals surface area (Å²) in [7, 11) is 0. The molecule has 0 N–H and O–H groups in total. The number of hydrogen-bond donors (Lipinski definition) is 0. The molecule has 0 aromatic heterocycles. The molecule has 0 spiro atoms. The highest BCUT2D eigenvalue weighted by Gasteiger charge is 2.40. The average Bonchev–Trinajstić information content (AvgIpc) is 3.27. The standard InChI is InChI=1S/C19H36N2/c1-15(2)14-20-12-10-19(11-13-20)21(18-8-9-18)17-6-4-16(3)5-7-17/h15-19H,4-14H2,1-3H3. The summed E-state index contributed by atoms with van der Waals surface area (Å²) in [4.78, 5) is 5.72. The fourth-order valence-electron chi connectivity index (χ4n) is 4.72. The van der Waals surface area contributed by atoms with E-state index in [1.54, 1.807) is 0 Å². The quantitative estimate of drug-likeness (QED) is 0.751. The van der Waals surface area contributed by atoms with Gasteiger partial charge in [-0.25, -0.2) is 0 Å². The van der Waals surface area contributed by atoms with Crippen molar-refractivity contribution in [3.63, 3.8) is 0 Å². The summed E-state index contributed by atoms with van der Waals surface area (Å²) in [5, 5.41) is 0. The summed E-state index contributed by atoms with van der Waals surface area (Å²) in [5.74, 6) is 1.80. The molecule has 1 heterocycles.